The molecule has 4 aliphatic rings. The van der Waals surface area contributed by atoms with Crippen LogP contribution in [0.3, 0.4) is 0 Å². The van der Waals surface area contributed by atoms with Gasteiger partial charge in [-0.05, 0) is 103 Å². The molecule has 0 bridgehead atoms. The van der Waals surface area contributed by atoms with Crippen molar-refractivity contribution < 1.29 is 24.2 Å². The number of methoxy groups -OCH3 is 1. The number of nitrogens with one attached hydrogen (secondary N) is 1. The van der Waals surface area contributed by atoms with Crippen molar-refractivity contribution >= 4 is 23.3 Å². The van der Waals surface area contributed by atoms with E-state index in [4.69, 9.17) is 4.74 Å². The van der Waals surface area contributed by atoms with Crippen molar-refractivity contribution in [3.05, 3.63) is 88.0 Å². The van der Waals surface area contributed by atoms with Crippen molar-refractivity contribution in [2.75, 3.05) is 12.4 Å². The SMILES string of the molecule is COC(=O)c1ccccc1NC(=O)c1ccc([C@H]2C[C@@]3(C)C(CC[C@@H]3O)[C@@H]3CCC4=CC(=O)CCC4=C32)cc1. The van der Waals surface area contributed by atoms with Crippen LogP contribution >= 0.6 is 0 Å². The number of allylic oxidation sites excluding steroid dienone is 4. The molecule has 0 aromatic heterocycles. The Hall–Kier alpha value is -3.51. The first kappa shape index (κ1) is 25.8. The van der Waals surface area contributed by atoms with E-state index in [1.165, 1.54) is 23.8 Å². The van der Waals surface area contributed by atoms with E-state index in [0.717, 1.165) is 44.1 Å². The number of carbonyl (C=O) groups excluding carboxylic acids is 3. The maximum Gasteiger partial charge on any atom is 0.339 e. The fraction of sp³-hybridized carbons (Fsp3) is 0.424. The Balaban J connectivity index is 1.33. The standard InChI is InChI=1S/C33H35NO5/c1-33-18-26(30-23-14-12-22(35)17-21(23)11-13-24(30)27(33)15-16-29(33)36)19-7-9-20(10-8-19)31(37)34-28-6-4-3-5-25(28)32(38)39-2/h3-10,17,24,26-27,29,36H,11-16,18H2,1-2H3,(H,34,37)/t24-,26+,27?,29-,33-/m0/s1. The van der Waals surface area contributed by atoms with Crippen LogP contribution in [-0.4, -0.2) is 36.0 Å². The van der Waals surface area contributed by atoms with Gasteiger partial charge in [-0.2, -0.15) is 0 Å². The molecule has 6 nitrogen and oxygen atoms in total. The minimum Gasteiger partial charge on any atom is -0.465 e. The van der Waals surface area contributed by atoms with E-state index in [-0.39, 0.29) is 29.1 Å². The van der Waals surface area contributed by atoms with Gasteiger partial charge in [-0.15, -0.1) is 0 Å². The van der Waals surface area contributed by atoms with Gasteiger partial charge in [0.15, 0.2) is 5.78 Å². The molecule has 4 aliphatic carbocycles. The molecule has 2 aromatic carbocycles. The molecular formula is C33H35NO5. The van der Waals surface area contributed by atoms with Crippen molar-refractivity contribution in [1.29, 1.82) is 0 Å². The first-order valence-corrected chi connectivity index (χ1v) is 14.0. The largest absolute Gasteiger partial charge is 0.465 e. The molecule has 1 unspecified atom stereocenters. The van der Waals surface area contributed by atoms with E-state index in [9.17, 15) is 19.5 Å². The molecule has 202 valence electrons. The molecule has 0 heterocycles. The lowest BCUT2D eigenvalue weighted by Gasteiger charge is -2.52. The number of aliphatic hydroxyl groups is 1. The Morgan fingerprint density at radius 2 is 1.77 bits per heavy atom. The van der Waals surface area contributed by atoms with E-state index in [0.29, 0.717) is 35.1 Å². The van der Waals surface area contributed by atoms with Crippen molar-refractivity contribution in [1.82, 2.24) is 0 Å². The van der Waals surface area contributed by atoms with Gasteiger partial charge in [0.1, 0.15) is 0 Å². The van der Waals surface area contributed by atoms with Crippen LogP contribution in [0.1, 0.15) is 84.1 Å². The zero-order valence-electron chi connectivity index (χ0n) is 22.5. The van der Waals surface area contributed by atoms with Gasteiger partial charge in [-0.1, -0.05) is 36.8 Å². The number of rotatable bonds is 4. The second kappa shape index (κ2) is 9.91. The summed E-state index contributed by atoms with van der Waals surface area (Å²) in [5.41, 5.74) is 6.27. The lowest BCUT2D eigenvalue weighted by Crippen LogP contribution is -2.45. The van der Waals surface area contributed by atoms with Gasteiger partial charge in [0.05, 0.1) is 24.5 Å². The molecule has 2 aromatic rings. The summed E-state index contributed by atoms with van der Waals surface area (Å²) in [6, 6.07) is 14.5. The predicted octanol–water partition coefficient (Wildman–Crippen LogP) is 5.99. The third-order valence-electron chi connectivity index (χ3n) is 9.84. The van der Waals surface area contributed by atoms with Gasteiger partial charge in [0.25, 0.3) is 5.91 Å². The number of aliphatic hydroxyl groups excluding tert-OH is 1. The second-order valence-electron chi connectivity index (χ2n) is 11.8. The summed E-state index contributed by atoms with van der Waals surface area (Å²) in [5, 5.41) is 13.9. The van der Waals surface area contributed by atoms with Gasteiger partial charge in [0.2, 0.25) is 0 Å². The van der Waals surface area contributed by atoms with Crippen LogP contribution in [0.4, 0.5) is 5.69 Å². The Labute approximate surface area is 229 Å². The van der Waals surface area contributed by atoms with Gasteiger partial charge >= 0.3 is 5.97 Å². The van der Waals surface area contributed by atoms with E-state index >= 15 is 0 Å². The summed E-state index contributed by atoms with van der Waals surface area (Å²) in [4.78, 5) is 37.4. The molecule has 0 spiro atoms. The highest BCUT2D eigenvalue weighted by atomic mass is 16.5. The van der Waals surface area contributed by atoms with Gasteiger partial charge in [-0.25, -0.2) is 4.79 Å². The molecule has 6 rings (SSSR count). The Morgan fingerprint density at radius 3 is 2.54 bits per heavy atom. The van der Waals surface area contributed by atoms with Crippen molar-refractivity contribution in [2.24, 2.45) is 17.3 Å². The van der Waals surface area contributed by atoms with Crippen LogP contribution in [0.5, 0.6) is 0 Å². The fourth-order valence-corrected chi connectivity index (χ4v) is 7.87. The number of amides is 1. The first-order valence-electron chi connectivity index (χ1n) is 14.0. The van der Waals surface area contributed by atoms with Gasteiger partial charge < -0.3 is 15.2 Å². The van der Waals surface area contributed by atoms with Crippen LogP contribution in [-0.2, 0) is 9.53 Å². The van der Waals surface area contributed by atoms with Crippen LogP contribution in [0.2, 0.25) is 0 Å². The van der Waals surface area contributed by atoms with Gasteiger partial charge in [0, 0.05) is 17.9 Å². The molecule has 0 saturated heterocycles. The number of esters is 1. The molecular weight excluding hydrogens is 490 g/mol. The predicted molar refractivity (Wildman–Crippen MR) is 148 cm³/mol. The van der Waals surface area contributed by atoms with E-state index in [1.54, 1.807) is 24.3 Å². The topological polar surface area (TPSA) is 92.7 Å². The summed E-state index contributed by atoms with van der Waals surface area (Å²) >= 11 is 0. The normalized spacial score (nSPS) is 29.6. The molecule has 2 saturated carbocycles. The zero-order chi connectivity index (χ0) is 27.3. The highest BCUT2D eigenvalue weighted by Crippen LogP contribution is 2.63. The second-order valence-corrected chi connectivity index (χ2v) is 11.8. The average molecular weight is 526 g/mol. The molecule has 0 aliphatic heterocycles. The fourth-order valence-electron chi connectivity index (χ4n) is 7.87. The molecule has 2 N–H and O–H groups in total. The minimum atomic E-state index is -0.506. The quantitative estimate of drug-likeness (QED) is 0.479. The van der Waals surface area contributed by atoms with E-state index in [2.05, 4.69) is 12.2 Å². The molecule has 6 heteroatoms. The van der Waals surface area contributed by atoms with Crippen molar-refractivity contribution in [3.63, 3.8) is 0 Å². The first-order chi connectivity index (χ1) is 18.8. The van der Waals surface area contributed by atoms with Gasteiger partial charge in [-0.3, -0.25) is 9.59 Å². The van der Waals surface area contributed by atoms with Crippen LogP contribution in [0, 0.1) is 17.3 Å². The lowest BCUT2D eigenvalue weighted by atomic mass is 9.53. The van der Waals surface area contributed by atoms with Crippen LogP contribution < -0.4 is 5.32 Å². The van der Waals surface area contributed by atoms with E-state index in [1.807, 2.05) is 30.3 Å². The molecule has 0 radical (unpaired) electrons. The maximum atomic E-state index is 13.1. The number of hydrogen-bond acceptors (Lipinski definition) is 5. The Kier molecular flexibility index (Phi) is 6.54. The zero-order valence-corrected chi connectivity index (χ0v) is 22.5. The number of hydrogen-bond donors (Lipinski definition) is 2. The number of para-hydroxylation sites is 1. The summed E-state index contributed by atoms with van der Waals surface area (Å²) in [6.45, 7) is 2.26. The highest BCUT2D eigenvalue weighted by Gasteiger charge is 2.56. The smallest absolute Gasteiger partial charge is 0.339 e. The number of ether oxygens (including phenoxy) is 1. The summed E-state index contributed by atoms with van der Waals surface area (Å²) < 4.78 is 4.84. The Morgan fingerprint density at radius 1 is 1.00 bits per heavy atom. The summed E-state index contributed by atoms with van der Waals surface area (Å²) in [6.07, 6.45) is 7.68. The molecule has 1 amide bonds. The van der Waals surface area contributed by atoms with Crippen molar-refractivity contribution in [3.8, 4) is 0 Å². The lowest BCUT2D eigenvalue weighted by molar-refractivity contribution is -0.114. The van der Waals surface area contributed by atoms with Crippen LogP contribution in [0.15, 0.2) is 71.3 Å². The number of benzene rings is 2. The average Bonchev–Trinajstić information content (AvgIpc) is 3.26. The molecule has 2 fully saturated rings. The third kappa shape index (κ3) is 4.35. The number of anilines is 1. The van der Waals surface area contributed by atoms with Crippen LogP contribution in [0.25, 0.3) is 0 Å². The maximum absolute atomic E-state index is 13.1. The number of ketones is 1. The number of carbonyl (C=O) groups is 3. The summed E-state index contributed by atoms with van der Waals surface area (Å²) in [7, 11) is 1.31. The summed E-state index contributed by atoms with van der Waals surface area (Å²) in [5.74, 6) is 0.454. The molecule has 39 heavy (non-hydrogen) atoms. The minimum absolute atomic E-state index is 0.140. The monoisotopic (exact) mass is 525 g/mol. The highest BCUT2D eigenvalue weighted by molar-refractivity contribution is 6.08. The Bertz CT molecular complexity index is 1400. The third-order valence-corrected chi connectivity index (χ3v) is 9.84. The van der Waals surface area contributed by atoms with E-state index < -0.39 is 5.97 Å². The molecule has 5 atom stereocenters. The number of fused-ring (bicyclic) bond motifs is 4. The van der Waals surface area contributed by atoms with Crippen molar-refractivity contribution in [2.45, 2.75) is 63.9 Å².